The fourth-order valence-corrected chi connectivity index (χ4v) is 4.05. The standard InChI is InChI=1S/C25H27F3N2O.ClH/c26-25(27,28)21-9-6-10-22(19-21)30-16-14-29(15-17-30)13-3-4-18-31-24-12-5-8-20-7-1-2-11-23(20)24;/h1-2,5-12,19H,3-4,13-18H2;1H. The number of nitrogens with zero attached hydrogens (tertiary/aromatic N) is 2. The number of ether oxygens (including phenoxy) is 1. The second-order valence-corrected chi connectivity index (χ2v) is 7.91. The van der Waals surface area contributed by atoms with Gasteiger partial charge in [-0.15, -0.1) is 12.4 Å². The highest BCUT2D eigenvalue weighted by molar-refractivity contribution is 5.88. The third-order valence-electron chi connectivity index (χ3n) is 5.79. The molecule has 0 aliphatic carbocycles. The summed E-state index contributed by atoms with van der Waals surface area (Å²) in [6.45, 7) is 4.87. The Kier molecular flexibility index (Phi) is 8.26. The Hall–Kier alpha value is -2.44. The molecule has 1 heterocycles. The van der Waals surface area contributed by atoms with Gasteiger partial charge in [-0.05, 0) is 49.0 Å². The lowest BCUT2D eigenvalue weighted by atomic mass is 10.1. The van der Waals surface area contributed by atoms with E-state index in [9.17, 15) is 13.2 Å². The van der Waals surface area contributed by atoms with Gasteiger partial charge in [-0.1, -0.05) is 42.5 Å². The van der Waals surface area contributed by atoms with Gasteiger partial charge in [0.05, 0.1) is 12.2 Å². The number of rotatable bonds is 7. The van der Waals surface area contributed by atoms with Gasteiger partial charge in [0.2, 0.25) is 0 Å². The summed E-state index contributed by atoms with van der Waals surface area (Å²) in [6, 6.07) is 19.9. The number of halogens is 4. The van der Waals surface area contributed by atoms with Crippen LogP contribution >= 0.6 is 12.4 Å². The molecule has 3 aromatic rings. The zero-order chi connectivity index (χ0) is 21.7. The molecular formula is C25H28ClF3N2O. The summed E-state index contributed by atoms with van der Waals surface area (Å²) in [7, 11) is 0. The number of anilines is 1. The molecule has 0 radical (unpaired) electrons. The van der Waals surface area contributed by atoms with Gasteiger partial charge in [-0.25, -0.2) is 0 Å². The molecule has 4 rings (SSSR count). The highest BCUT2D eigenvalue weighted by Crippen LogP contribution is 2.32. The first-order valence-corrected chi connectivity index (χ1v) is 10.8. The minimum Gasteiger partial charge on any atom is -0.493 e. The van der Waals surface area contributed by atoms with Crippen LogP contribution in [0.3, 0.4) is 0 Å². The summed E-state index contributed by atoms with van der Waals surface area (Å²) in [4.78, 5) is 4.41. The Morgan fingerprint density at radius 3 is 2.31 bits per heavy atom. The molecule has 0 atom stereocenters. The summed E-state index contributed by atoms with van der Waals surface area (Å²) in [5.41, 5.74) is 0.0663. The van der Waals surface area contributed by atoms with E-state index in [0.29, 0.717) is 12.3 Å². The lowest BCUT2D eigenvalue weighted by Crippen LogP contribution is -2.46. The average Bonchev–Trinajstić information content (AvgIpc) is 2.79. The van der Waals surface area contributed by atoms with Crippen LogP contribution in [0.4, 0.5) is 18.9 Å². The normalized spacial score (nSPS) is 14.9. The van der Waals surface area contributed by atoms with Crippen molar-refractivity contribution < 1.29 is 17.9 Å². The van der Waals surface area contributed by atoms with E-state index in [1.165, 1.54) is 17.5 Å². The molecule has 1 aliphatic heterocycles. The van der Waals surface area contributed by atoms with Gasteiger partial charge in [0.25, 0.3) is 0 Å². The van der Waals surface area contributed by atoms with Crippen molar-refractivity contribution in [2.45, 2.75) is 19.0 Å². The largest absolute Gasteiger partial charge is 0.493 e. The number of piperazine rings is 1. The Morgan fingerprint density at radius 2 is 1.53 bits per heavy atom. The molecule has 0 aromatic heterocycles. The third kappa shape index (κ3) is 6.08. The zero-order valence-electron chi connectivity index (χ0n) is 17.9. The molecule has 0 N–H and O–H groups in total. The Bertz CT molecular complexity index is 998. The predicted octanol–water partition coefficient (Wildman–Crippen LogP) is 6.26. The molecule has 3 aromatic carbocycles. The van der Waals surface area contributed by atoms with Crippen LogP contribution in [0.15, 0.2) is 66.7 Å². The van der Waals surface area contributed by atoms with E-state index in [0.717, 1.165) is 62.8 Å². The monoisotopic (exact) mass is 464 g/mol. The van der Waals surface area contributed by atoms with Crippen LogP contribution < -0.4 is 9.64 Å². The lowest BCUT2D eigenvalue weighted by molar-refractivity contribution is -0.137. The van der Waals surface area contributed by atoms with Crippen molar-refractivity contribution in [2.24, 2.45) is 0 Å². The fourth-order valence-electron chi connectivity index (χ4n) is 4.05. The van der Waals surface area contributed by atoms with Gasteiger partial charge in [0.1, 0.15) is 5.75 Å². The van der Waals surface area contributed by atoms with Crippen molar-refractivity contribution in [3.63, 3.8) is 0 Å². The first kappa shape index (κ1) is 24.2. The van der Waals surface area contributed by atoms with Gasteiger partial charge in [0.15, 0.2) is 0 Å². The van der Waals surface area contributed by atoms with Gasteiger partial charge in [0, 0.05) is 37.3 Å². The van der Waals surface area contributed by atoms with Crippen molar-refractivity contribution in [3.05, 3.63) is 72.3 Å². The van der Waals surface area contributed by atoms with Crippen LogP contribution in [-0.2, 0) is 6.18 Å². The van der Waals surface area contributed by atoms with Gasteiger partial charge in [-0.3, -0.25) is 4.90 Å². The van der Waals surface area contributed by atoms with Crippen LogP contribution in [0.1, 0.15) is 18.4 Å². The molecule has 1 fully saturated rings. The van der Waals surface area contributed by atoms with Crippen molar-refractivity contribution in [2.75, 3.05) is 44.2 Å². The van der Waals surface area contributed by atoms with Crippen LogP contribution in [0, 0.1) is 0 Å². The van der Waals surface area contributed by atoms with Gasteiger partial charge < -0.3 is 9.64 Å². The highest BCUT2D eigenvalue weighted by atomic mass is 35.5. The molecule has 0 unspecified atom stereocenters. The Morgan fingerprint density at radius 1 is 0.812 bits per heavy atom. The highest BCUT2D eigenvalue weighted by Gasteiger charge is 2.31. The molecule has 0 spiro atoms. The molecule has 7 heteroatoms. The summed E-state index contributed by atoms with van der Waals surface area (Å²) < 4.78 is 44.8. The molecule has 1 saturated heterocycles. The summed E-state index contributed by atoms with van der Waals surface area (Å²) >= 11 is 0. The molecule has 0 saturated carbocycles. The summed E-state index contributed by atoms with van der Waals surface area (Å²) in [5, 5.41) is 2.31. The maximum atomic E-state index is 12.9. The van der Waals surface area contributed by atoms with E-state index in [1.54, 1.807) is 6.07 Å². The molecule has 0 amide bonds. The van der Waals surface area contributed by atoms with E-state index in [4.69, 9.17) is 4.74 Å². The fraction of sp³-hybridized carbons (Fsp3) is 0.360. The lowest BCUT2D eigenvalue weighted by Gasteiger charge is -2.36. The predicted molar refractivity (Wildman–Crippen MR) is 126 cm³/mol. The number of alkyl halides is 3. The number of unbranched alkanes of at least 4 members (excludes halogenated alkanes) is 1. The van der Waals surface area contributed by atoms with E-state index in [-0.39, 0.29) is 12.4 Å². The second kappa shape index (κ2) is 10.9. The molecule has 3 nitrogen and oxygen atoms in total. The molecular weight excluding hydrogens is 437 g/mol. The van der Waals surface area contributed by atoms with Crippen molar-refractivity contribution in [1.82, 2.24) is 4.90 Å². The van der Waals surface area contributed by atoms with Gasteiger partial charge >= 0.3 is 6.18 Å². The van der Waals surface area contributed by atoms with Crippen LogP contribution in [0.25, 0.3) is 10.8 Å². The molecule has 32 heavy (non-hydrogen) atoms. The van der Waals surface area contributed by atoms with Gasteiger partial charge in [-0.2, -0.15) is 13.2 Å². The van der Waals surface area contributed by atoms with E-state index in [1.807, 2.05) is 29.2 Å². The molecule has 172 valence electrons. The number of benzene rings is 3. The van der Waals surface area contributed by atoms with Crippen LogP contribution in [-0.4, -0.2) is 44.2 Å². The molecule has 1 aliphatic rings. The van der Waals surface area contributed by atoms with Crippen molar-refractivity contribution >= 4 is 28.9 Å². The topological polar surface area (TPSA) is 15.7 Å². The van der Waals surface area contributed by atoms with E-state index < -0.39 is 11.7 Å². The van der Waals surface area contributed by atoms with Crippen molar-refractivity contribution in [3.8, 4) is 5.75 Å². The summed E-state index contributed by atoms with van der Waals surface area (Å²) in [5.74, 6) is 0.924. The summed E-state index contributed by atoms with van der Waals surface area (Å²) in [6.07, 6.45) is -2.29. The minimum absolute atomic E-state index is 0. The number of hydrogen-bond donors (Lipinski definition) is 0. The minimum atomic E-state index is -4.30. The van der Waals surface area contributed by atoms with E-state index >= 15 is 0 Å². The quantitative estimate of drug-likeness (QED) is 0.384. The Balaban J connectivity index is 0.00000289. The SMILES string of the molecule is Cl.FC(F)(F)c1cccc(N2CCN(CCCCOc3cccc4ccccc34)CC2)c1. The van der Waals surface area contributed by atoms with Crippen molar-refractivity contribution in [1.29, 1.82) is 0 Å². The number of hydrogen-bond acceptors (Lipinski definition) is 3. The van der Waals surface area contributed by atoms with E-state index in [2.05, 4.69) is 23.1 Å². The maximum Gasteiger partial charge on any atom is 0.416 e. The number of fused-ring (bicyclic) bond motifs is 1. The average molecular weight is 465 g/mol. The first-order chi connectivity index (χ1) is 15.0. The second-order valence-electron chi connectivity index (χ2n) is 7.91. The zero-order valence-corrected chi connectivity index (χ0v) is 18.7. The maximum absolute atomic E-state index is 12.9. The van der Waals surface area contributed by atoms with Crippen LogP contribution in [0.2, 0.25) is 0 Å². The smallest absolute Gasteiger partial charge is 0.416 e. The first-order valence-electron chi connectivity index (χ1n) is 10.8. The molecule has 0 bridgehead atoms. The Labute approximate surface area is 193 Å². The third-order valence-corrected chi connectivity index (χ3v) is 5.79. The van der Waals surface area contributed by atoms with Crippen LogP contribution in [0.5, 0.6) is 5.75 Å².